The number of halogens is 6. The Balaban J connectivity index is 0.00000124. The van der Waals surface area contributed by atoms with Gasteiger partial charge in [0.05, 0.1) is 28.3 Å². The van der Waals surface area contributed by atoms with Crippen LogP contribution in [0, 0.1) is 0 Å². The van der Waals surface area contributed by atoms with Crippen LogP contribution in [0.25, 0.3) is 55.0 Å². The predicted molar refractivity (Wildman–Crippen MR) is 293 cm³/mol. The number of hydrogen-bond donors (Lipinski definition) is 0. The molecule has 0 spiro atoms. The third-order valence-corrected chi connectivity index (χ3v) is 14.4. The van der Waals surface area contributed by atoms with Crippen LogP contribution in [0.15, 0.2) is 55.7 Å². The van der Waals surface area contributed by atoms with Gasteiger partial charge in [0.2, 0.25) is 5.36 Å². The quantitative estimate of drug-likeness (QED) is 0.00974. The maximum absolute atomic E-state index is 10.7. The topological polar surface area (TPSA) is 45.7 Å². The van der Waals surface area contributed by atoms with Crippen LogP contribution in [-0.2, 0) is 0 Å². The minimum absolute atomic E-state index is 0.884. The maximum atomic E-state index is 9.87. The Morgan fingerprint density at radius 2 is 0.648 bits per heavy atom. The van der Waals surface area contributed by atoms with Gasteiger partial charge in [0.15, 0.2) is 0 Å². The second-order valence-electron chi connectivity index (χ2n) is 20.8. The number of rotatable bonds is 37. The molecule has 0 aliphatic rings. The summed E-state index contributed by atoms with van der Waals surface area (Å²) in [5.41, 5.74) is 6.68. The zero-order chi connectivity index (χ0) is 51.0. The van der Waals surface area contributed by atoms with Gasteiger partial charge in [-0.25, -0.2) is 4.58 Å². The molecular weight excluding hydrogens is 930 g/mol. The predicted octanol–water partition coefficient (Wildman–Crippen LogP) is 22.2. The van der Waals surface area contributed by atoms with E-state index in [1.165, 1.54) is 222 Å². The third-order valence-electron chi connectivity index (χ3n) is 14.4. The Morgan fingerprint density at radius 1 is 0.366 bits per heavy atom. The number of benzene rings is 3. The van der Waals surface area contributed by atoms with E-state index in [1.54, 1.807) is 0 Å². The molecule has 71 heavy (non-hydrogen) atoms. The molecule has 3 heterocycles. The number of hydrogen-bond acceptors (Lipinski definition) is 4. The molecule has 0 unspecified atom stereocenters. The van der Waals surface area contributed by atoms with Crippen molar-refractivity contribution in [2.45, 2.75) is 233 Å². The fourth-order valence-electron chi connectivity index (χ4n) is 10.5. The summed E-state index contributed by atoms with van der Waals surface area (Å²) >= 11 is 0. The van der Waals surface area contributed by atoms with Crippen molar-refractivity contribution in [1.82, 2.24) is 4.58 Å². The van der Waals surface area contributed by atoms with Crippen LogP contribution in [0.5, 0.6) is 0 Å². The number of anilines is 1. The molecule has 5 nitrogen and oxygen atoms in total. The van der Waals surface area contributed by atoms with Crippen molar-refractivity contribution in [2.75, 3.05) is 31.1 Å². The van der Waals surface area contributed by atoms with Crippen LogP contribution in [0.4, 0.5) is 30.9 Å². The molecule has 3 aromatic heterocycles. The minimum atomic E-state index is -10.7. The van der Waals surface area contributed by atoms with Gasteiger partial charge in [-0.05, 0) is 37.8 Å². The molecule has 0 saturated carbocycles. The van der Waals surface area contributed by atoms with Gasteiger partial charge < -0.3 is 18.2 Å². The summed E-state index contributed by atoms with van der Waals surface area (Å²) in [6.07, 6.45) is 42.7. The van der Waals surface area contributed by atoms with Crippen molar-refractivity contribution in [3.8, 4) is 0 Å². The van der Waals surface area contributed by atoms with Crippen molar-refractivity contribution in [3.05, 3.63) is 47.8 Å². The molecular formula is C59H91F6N2O3P. The summed E-state index contributed by atoms with van der Waals surface area (Å²) < 4.78 is 82.7. The fraction of sp³-hybridized carbons (Fsp3) is 0.678. The standard InChI is InChI=1S/C59H91N2O3.F6P/c1-5-9-13-17-21-25-29-33-40-60(41-34-30-26-22-18-14-10-6-2)48-44-52-57-54(46-48)64-55-47-49(45-53-58(55)59(57)56-50(62-52)38-37-39-51(56)63-53)61(42-35-31-27-23-19-15-11-7-3)43-36-32-28-24-20-16-12-8-4;1-7(2,3,4,5)6/h37-39,44-47H,5-36,40-43H2,1-4H3;/q+1;-1. The first-order chi connectivity index (χ1) is 34.1. The Labute approximate surface area is 422 Å². The van der Waals surface area contributed by atoms with Crippen LogP contribution < -0.4 is 14.8 Å². The van der Waals surface area contributed by atoms with Crippen LogP contribution in [-0.4, -0.2) is 26.2 Å². The van der Waals surface area contributed by atoms with Crippen LogP contribution in [0.1, 0.15) is 233 Å². The van der Waals surface area contributed by atoms with E-state index in [-0.39, 0.29) is 0 Å². The Hall–Kier alpha value is -3.46. The van der Waals surface area contributed by atoms with E-state index in [1.807, 2.05) is 0 Å². The van der Waals surface area contributed by atoms with Crippen molar-refractivity contribution >= 4 is 68.5 Å². The van der Waals surface area contributed by atoms with E-state index in [4.69, 9.17) is 13.3 Å². The van der Waals surface area contributed by atoms with E-state index >= 15 is 0 Å². The van der Waals surface area contributed by atoms with Crippen LogP contribution >= 0.6 is 7.81 Å². The molecule has 12 heteroatoms. The van der Waals surface area contributed by atoms with Gasteiger partial charge in [0.25, 0.3) is 0 Å². The summed E-state index contributed by atoms with van der Waals surface area (Å²) in [4.78, 5) is 2.66. The second kappa shape index (κ2) is 28.8. The van der Waals surface area contributed by atoms with E-state index in [9.17, 15) is 25.2 Å². The molecule has 0 amide bonds. The monoisotopic (exact) mass is 1020 g/mol. The summed E-state index contributed by atoms with van der Waals surface area (Å²) in [6, 6.07) is 15.7. The average Bonchev–Trinajstić information content (AvgIpc) is 3.32. The molecule has 0 aliphatic heterocycles. The second-order valence-corrected chi connectivity index (χ2v) is 22.7. The Kier molecular flexibility index (Phi) is 23.7. The fourth-order valence-corrected chi connectivity index (χ4v) is 10.5. The third kappa shape index (κ3) is 21.1. The van der Waals surface area contributed by atoms with E-state index in [0.29, 0.717) is 0 Å². The first kappa shape index (κ1) is 58.4. The number of unbranched alkanes of at least 4 members (excludes halogenated alkanes) is 28. The van der Waals surface area contributed by atoms with Gasteiger partial charge >= 0.3 is 33.0 Å². The van der Waals surface area contributed by atoms with Gasteiger partial charge in [-0.2, -0.15) is 0 Å². The Morgan fingerprint density at radius 3 is 1.00 bits per heavy atom. The molecule has 402 valence electrons. The van der Waals surface area contributed by atoms with Crippen LogP contribution in [0.3, 0.4) is 0 Å². The molecule has 6 aromatic rings. The SMILES string of the molecule is CCCCCCCCCCN(CCCCCCCCCC)c1cc2oc3cccc4oc5cc(=[N+](CCCCCCCCCC)CCCCCCCCCC)cc6oc(c1)c2c(c34)c56.F[P-](F)(F)(F)(F)F. The summed E-state index contributed by atoms with van der Waals surface area (Å²) in [5.74, 6) is 0. The summed E-state index contributed by atoms with van der Waals surface area (Å²) in [5, 5.41) is 5.69. The molecule has 0 radical (unpaired) electrons. The first-order valence-electron chi connectivity index (χ1n) is 28.6. The molecule has 6 rings (SSSR count). The average molecular weight is 1020 g/mol. The molecule has 3 aromatic carbocycles. The van der Waals surface area contributed by atoms with Gasteiger partial charge in [0.1, 0.15) is 46.6 Å². The van der Waals surface area contributed by atoms with Gasteiger partial charge in [-0.3, -0.25) is 0 Å². The van der Waals surface area contributed by atoms with E-state index in [2.05, 4.69) is 79.6 Å². The van der Waals surface area contributed by atoms with E-state index < -0.39 is 7.81 Å². The molecule has 0 aliphatic carbocycles. The molecule has 0 N–H and O–H groups in total. The Bertz CT molecular complexity index is 2440. The molecule has 0 bridgehead atoms. The number of nitrogens with zero attached hydrogens (tertiary/aromatic N) is 2. The molecule has 0 saturated heterocycles. The first-order valence-corrected chi connectivity index (χ1v) is 30.6. The zero-order valence-electron chi connectivity index (χ0n) is 44.3. The van der Waals surface area contributed by atoms with Gasteiger partial charge in [-0.1, -0.05) is 201 Å². The van der Waals surface area contributed by atoms with Crippen molar-refractivity contribution in [3.63, 3.8) is 0 Å². The van der Waals surface area contributed by atoms with Gasteiger partial charge in [0, 0.05) is 49.1 Å². The molecule has 0 fully saturated rings. The van der Waals surface area contributed by atoms with Gasteiger partial charge in [-0.15, -0.1) is 0 Å². The van der Waals surface area contributed by atoms with Crippen molar-refractivity contribution < 1.29 is 38.4 Å². The zero-order valence-corrected chi connectivity index (χ0v) is 45.2. The normalized spacial score (nSPS) is 13.2. The van der Waals surface area contributed by atoms with Crippen LogP contribution in [0.2, 0.25) is 0 Å². The van der Waals surface area contributed by atoms with E-state index in [0.717, 1.165) is 75.8 Å². The summed E-state index contributed by atoms with van der Waals surface area (Å²) in [6.45, 7) is 13.5. The molecule has 0 atom stereocenters. The summed E-state index contributed by atoms with van der Waals surface area (Å²) in [7, 11) is -10.7. The van der Waals surface area contributed by atoms with Crippen molar-refractivity contribution in [1.29, 1.82) is 0 Å². The van der Waals surface area contributed by atoms with Crippen molar-refractivity contribution in [2.24, 2.45) is 0 Å².